The van der Waals surface area contributed by atoms with E-state index in [9.17, 15) is 0 Å². The number of halogens is 2. The molecule has 72 valence electrons. The first kappa shape index (κ1) is 11.2. The van der Waals surface area contributed by atoms with E-state index in [1.54, 1.807) is 11.8 Å². The smallest absolute Gasteiger partial charge is 0.0556 e. The average molecular weight is 236 g/mol. The Hall–Kier alpha value is 0.110. The topological polar surface area (TPSA) is 26.0 Å². The maximum absolute atomic E-state index is 5.97. The molecule has 0 unspecified atom stereocenters. The second-order valence-corrected chi connectivity index (χ2v) is 4.46. The second kappa shape index (κ2) is 5.76. The van der Waals surface area contributed by atoms with Crippen molar-refractivity contribution in [3.63, 3.8) is 0 Å². The van der Waals surface area contributed by atoms with Gasteiger partial charge >= 0.3 is 0 Å². The fourth-order valence-corrected chi connectivity index (χ4v) is 2.53. The van der Waals surface area contributed by atoms with Gasteiger partial charge in [-0.3, -0.25) is 0 Å². The normalized spacial score (nSPS) is 10.4. The van der Waals surface area contributed by atoms with E-state index in [0.29, 0.717) is 6.54 Å². The monoisotopic (exact) mass is 235 g/mol. The van der Waals surface area contributed by atoms with Crippen LogP contribution in [0, 0.1) is 0 Å². The molecule has 0 atom stereocenters. The van der Waals surface area contributed by atoms with Gasteiger partial charge in [0.1, 0.15) is 0 Å². The van der Waals surface area contributed by atoms with Gasteiger partial charge in [-0.2, -0.15) is 0 Å². The van der Waals surface area contributed by atoms with Crippen molar-refractivity contribution in [3.05, 3.63) is 28.2 Å². The first-order valence-electron chi connectivity index (χ1n) is 4.02. The minimum Gasteiger partial charge on any atom is -0.330 e. The number of rotatable bonds is 4. The lowest BCUT2D eigenvalue weighted by molar-refractivity contribution is 0.943. The number of hydrogen-bond acceptors (Lipinski definition) is 2. The van der Waals surface area contributed by atoms with Crippen molar-refractivity contribution in [2.24, 2.45) is 5.73 Å². The molecule has 0 amide bonds. The first-order chi connectivity index (χ1) is 6.25. The second-order valence-electron chi connectivity index (χ2n) is 2.54. The molecule has 0 aromatic heterocycles. The summed E-state index contributed by atoms with van der Waals surface area (Å²) in [4.78, 5) is 0.958. The highest BCUT2D eigenvalue weighted by molar-refractivity contribution is 7.99. The van der Waals surface area contributed by atoms with Crippen LogP contribution >= 0.6 is 35.0 Å². The zero-order chi connectivity index (χ0) is 9.68. The Morgan fingerprint density at radius 1 is 1.23 bits per heavy atom. The van der Waals surface area contributed by atoms with Crippen molar-refractivity contribution < 1.29 is 0 Å². The summed E-state index contributed by atoms with van der Waals surface area (Å²) in [6.45, 7) is 0.703. The van der Waals surface area contributed by atoms with Gasteiger partial charge < -0.3 is 5.73 Å². The van der Waals surface area contributed by atoms with E-state index < -0.39 is 0 Å². The van der Waals surface area contributed by atoms with E-state index in [1.165, 1.54) is 0 Å². The predicted octanol–water partition coefficient (Wildman–Crippen LogP) is 3.43. The summed E-state index contributed by atoms with van der Waals surface area (Å²) < 4.78 is 0. The number of benzene rings is 1. The van der Waals surface area contributed by atoms with Gasteiger partial charge in [0.2, 0.25) is 0 Å². The minimum absolute atomic E-state index is 0.703. The minimum atomic E-state index is 0.703. The van der Waals surface area contributed by atoms with Crippen LogP contribution in [0.1, 0.15) is 6.42 Å². The molecule has 0 heterocycles. The molecule has 0 aliphatic rings. The summed E-state index contributed by atoms with van der Waals surface area (Å²) in [7, 11) is 0. The van der Waals surface area contributed by atoms with Gasteiger partial charge in [-0.15, -0.1) is 11.8 Å². The Morgan fingerprint density at radius 2 is 1.85 bits per heavy atom. The standard InChI is InChI=1S/C9H11Cl2NS/c10-7-3-1-4-8(11)9(7)13-6-2-5-12/h1,3-4H,2,5-6,12H2. The third-order valence-electron chi connectivity index (χ3n) is 1.51. The van der Waals surface area contributed by atoms with Gasteiger partial charge in [0.15, 0.2) is 0 Å². The molecule has 0 aliphatic heterocycles. The SMILES string of the molecule is NCCCSc1c(Cl)cccc1Cl. The summed E-state index contributed by atoms with van der Waals surface area (Å²) in [5.74, 6) is 0.958. The maximum Gasteiger partial charge on any atom is 0.0556 e. The van der Waals surface area contributed by atoms with Crippen LogP contribution in [0.3, 0.4) is 0 Å². The third kappa shape index (κ3) is 3.39. The lowest BCUT2D eigenvalue weighted by Crippen LogP contribution is -1.99. The number of thioether (sulfide) groups is 1. The van der Waals surface area contributed by atoms with Crippen molar-refractivity contribution in [1.82, 2.24) is 0 Å². The van der Waals surface area contributed by atoms with Crippen molar-refractivity contribution in [1.29, 1.82) is 0 Å². The van der Waals surface area contributed by atoms with Crippen LogP contribution in [0.5, 0.6) is 0 Å². The fraction of sp³-hybridized carbons (Fsp3) is 0.333. The van der Waals surface area contributed by atoms with E-state index in [0.717, 1.165) is 27.1 Å². The lowest BCUT2D eigenvalue weighted by Gasteiger charge is -2.04. The quantitative estimate of drug-likeness (QED) is 0.640. The largest absolute Gasteiger partial charge is 0.330 e. The van der Waals surface area contributed by atoms with E-state index in [4.69, 9.17) is 28.9 Å². The molecule has 2 N–H and O–H groups in total. The van der Waals surface area contributed by atoms with Crippen molar-refractivity contribution in [3.8, 4) is 0 Å². The Bertz CT molecular complexity index is 258. The molecule has 0 saturated carbocycles. The van der Waals surface area contributed by atoms with Crippen LogP contribution in [-0.2, 0) is 0 Å². The molecule has 0 saturated heterocycles. The molecule has 1 aromatic carbocycles. The molecule has 1 rings (SSSR count). The zero-order valence-corrected chi connectivity index (χ0v) is 9.42. The molecule has 1 nitrogen and oxygen atoms in total. The fourth-order valence-electron chi connectivity index (χ4n) is 0.878. The van der Waals surface area contributed by atoms with E-state index >= 15 is 0 Å². The Labute approximate surface area is 92.6 Å². The highest BCUT2D eigenvalue weighted by Crippen LogP contribution is 2.33. The molecular formula is C9H11Cl2NS. The number of hydrogen-bond donors (Lipinski definition) is 1. The summed E-state index contributed by atoms with van der Waals surface area (Å²) in [6, 6.07) is 5.54. The van der Waals surface area contributed by atoms with Crippen LogP contribution in [0.25, 0.3) is 0 Å². The van der Waals surface area contributed by atoms with Crippen LogP contribution in [0.15, 0.2) is 23.1 Å². The van der Waals surface area contributed by atoms with Crippen molar-refractivity contribution >= 4 is 35.0 Å². The molecule has 0 bridgehead atoms. The molecule has 4 heteroatoms. The Morgan fingerprint density at radius 3 is 2.38 bits per heavy atom. The summed E-state index contributed by atoms with van der Waals surface area (Å²) >= 11 is 13.6. The average Bonchev–Trinajstić information content (AvgIpc) is 2.10. The van der Waals surface area contributed by atoms with Crippen LogP contribution < -0.4 is 5.73 Å². The summed E-state index contributed by atoms with van der Waals surface area (Å²) in [5.41, 5.74) is 5.39. The van der Waals surface area contributed by atoms with Gasteiger partial charge in [0.25, 0.3) is 0 Å². The van der Waals surface area contributed by atoms with Crippen molar-refractivity contribution in [2.45, 2.75) is 11.3 Å². The molecule has 0 aliphatic carbocycles. The lowest BCUT2D eigenvalue weighted by atomic mass is 10.4. The van der Waals surface area contributed by atoms with Crippen LogP contribution in [0.2, 0.25) is 10.0 Å². The van der Waals surface area contributed by atoms with Gasteiger partial charge in [0.05, 0.1) is 10.0 Å². The van der Waals surface area contributed by atoms with Crippen LogP contribution in [-0.4, -0.2) is 12.3 Å². The predicted molar refractivity (Wildman–Crippen MR) is 60.9 cm³/mol. The maximum atomic E-state index is 5.97. The molecule has 0 radical (unpaired) electrons. The first-order valence-corrected chi connectivity index (χ1v) is 5.76. The Balaban J connectivity index is 2.64. The van der Waals surface area contributed by atoms with Gasteiger partial charge in [-0.05, 0) is 30.9 Å². The zero-order valence-electron chi connectivity index (χ0n) is 7.09. The number of nitrogens with two attached hydrogens (primary N) is 1. The van der Waals surface area contributed by atoms with E-state index in [1.807, 2.05) is 18.2 Å². The van der Waals surface area contributed by atoms with E-state index in [2.05, 4.69) is 0 Å². The van der Waals surface area contributed by atoms with Crippen LogP contribution in [0.4, 0.5) is 0 Å². The van der Waals surface area contributed by atoms with Crippen molar-refractivity contribution in [2.75, 3.05) is 12.3 Å². The summed E-state index contributed by atoms with van der Waals surface area (Å²) in [6.07, 6.45) is 0.978. The van der Waals surface area contributed by atoms with Gasteiger partial charge in [-0.1, -0.05) is 29.3 Å². The molecular weight excluding hydrogens is 225 g/mol. The third-order valence-corrected chi connectivity index (χ3v) is 3.59. The van der Waals surface area contributed by atoms with Gasteiger partial charge in [0, 0.05) is 4.90 Å². The molecule has 13 heavy (non-hydrogen) atoms. The molecule has 0 spiro atoms. The molecule has 1 aromatic rings. The summed E-state index contributed by atoms with van der Waals surface area (Å²) in [5, 5.41) is 1.43. The highest BCUT2D eigenvalue weighted by Gasteiger charge is 2.04. The highest BCUT2D eigenvalue weighted by atomic mass is 35.5. The van der Waals surface area contributed by atoms with E-state index in [-0.39, 0.29) is 0 Å². The Kier molecular flexibility index (Phi) is 4.96. The van der Waals surface area contributed by atoms with Gasteiger partial charge in [-0.25, -0.2) is 0 Å². The molecule has 0 fully saturated rings.